The molecule has 2 aromatic rings. The number of carboxylic acid groups (broad SMARTS) is 1. The van der Waals surface area contributed by atoms with Crippen LogP contribution < -0.4 is 10.6 Å². The van der Waals surface area contributed by atoms with E-state index < -0.39 is 23.6 Å². The molecule has 0 radical (unpaired) electrons. The van der Waals surface area contributed by atoms with E-state index in [2.05, 4.69) is 34.9 Å². The Labute approximate surface area is 203 Å². The summed E-state index contributed by atoms with van der Waals surface area (Å²) in [5, 5.41) is 14.8. The molecule has 2 aromatic carbocycles. The van der Waals surface area contributed by atoms with E-state index in [-0.39, 0.29) is 24.9 Å². The molecule has 1 fully saturated rings. The van der Waals surface area contributed by atoms with Gasteiger partial charge in [-0.3, -0.25) is 4.79 Å². The monoisotopic (exact) mass is 482 g/mol. The molecule has 3 N–H and O–H groups in total. The smallest absolute Gasteiger partial charge is 0.407 e. The Morgan fingerprint density at radius 1 is 1.06 bits per heavy atom. The molecule has 34 heavy (non-hydrogen) atoms. The second-order valence-electron chi connectivity index (χ2n) is 8.89. The summed E-state index contributed by atoms with van der Waals surface area (Å²) >= 11 is 1.78. The summed E-state index contributed by atoms with van der Waals surface area (Å²) in [5.41, 5.74) is 3.86. The minimum absolute atomic E-state index is 0.0293. The zero-order chi connectivity index (χ0) is 24.1. The fraction of sp³-hybridized carbons (Fsp3) is 0.423. The fourth-order valence-electron chi connectivity index (χ4n) is 4.85. The Morgan fingerprint density at radius 3 is 2.21 bits per heavy atom. The molecule has 1 saturated heterocycles. The summed E-state index contributed by atoms with van der Waals surface area (Å²) in [6.07, 6.45) is 1.02. The average Bonchev–Trinajstić information content (AvgIpc) is 3.15. The lowest BCUT2D eigenvalue weighted by Crippen LogP contribution is -2.54. The third-order valence-corrected chi connectivity index (χ3v) is 7.69. The number of hydrogen-bond donors (Lipinski definition) is 3. The van der Waals surface area contributed by atoms with Crippen LogP contribution in [0.15, 0.2) is 48.5 Å². The number of hydrogen-bond acceptors (Lipinski definition) is 5. The number of ether oxygens (including phenoxy) is 1. The SMILES string of the molecule is CC[C@@H](NC(=O)CC1(NC(=O)OCC2c3ccccc3-c3ccccc32)CCSCC1)C(=O)O. The number of carbonyl (C=O) groups excluding carboxylic acids is 2. The molecule has 2 aliphatic rings. The number of thioether (sulfide) groups is 1. The molecule has 2 amide bonds. The first-order valence-corrected chi connectivity index (χ1v) is 12.8. The predicted molar refractivity (Wildman–Crippen MR) is 132 cm³/mol. The molecule has 0 spiro atoms. The van der Waals surface area contributed by atoms with Gasteiger partial charge in [-0.15, -0.1) is 0 Å². The van der Waals surface area contributed by atoms with Gasteiger partial charge in [0.1, 0.15) is 12.6 Å². The Morgan fingerprint density at radius 2 is 1.65 bits per heavy atom. The Kier molecular flexibility index (Phi) is 7.46. The molecule has 1 atom stereocenters. The topological polar surface area (TPSA) is 105 Å². The number of rotatable bonds is 8. The van der Waals surface area contributed by atoms with E-state index >= 15 is 0 Å². The largest absolute Gasteiger partial charge is 0.480 e. The van der Waals surface area contributed by atoms with E-state index in [1.54, 1.807) is 18.7 Å². The van der Waals surface area contributed by atoms with Gasteiger partial charge in [-0.25, -0.2) is 9.59 Å². The summed E-state index contributed by atoms with van der Waals surface area (Å²) < 4.78 is 5.71. The third-order valence-electron chi connectivity index (χ3n) is 6.70. The number of carbonyl (C=O) groups is 3. The Bertz CT molecular complexity index is 1020. The number of fused-ring (bicyclic) bond motifs is 3. The average molecular weight is 483 g/mol. The highest BCUT2D eigenvalue weighted by molar-refractivity contribution is 7.99. The van der Waals surface area contributed by atoms with Crippen molar-refractivity contribution < 1.29 is 24.2 Å². The van der Waals surface area contributed by atoms with E-state index in [9.17, 15) is 19.5 Å². The standard InChI is InChI=1S/C26H30N2O5S/c1-2-22(24(30)31)27-23(29)15-26(11-13-34-14-12-26)28-25(32)33-16-21-19-9-5-3-7-17(19)18-8-4-6-10-20(18)21/h3-10,21-22H,2,11-16H2,1H3,(H,27,29)(H,28,32)(H,30,31)/t22-/m1/s1. The van der Waals surface area contributed by atoms with Gasteiger partial charge < -0.3 is 20.5 Å². The van der Waals surface area contributed by atoms with Crippen LogP contribution in [0.4, 0.5) is 4.79 Å². The first-order chi connectivity index (χ1) is 16.4. The normalized spacial score (nSPS) is 17.2. The van der Waals surface area contributed by atoms with Gasteiger partial charge in [-0.2, -0.15) is 11.8 Å². The molecule has 0 bridgehead atoms. The van der Waals surface area contributed by atoms with Crippen LogP contribution in [0.3, 0.4) is 0 Å². The van der Waals surface area contributed by atoms with Gasteiger partial charge >= 0.3 is 12.1 Å². The number of alkyl carbamates (subject to hydrolysis) is 1. The molecule has 1 heterocycles. The molecule has 1 aliphatic heterocycles. The van der Waals surface area contributed by atoms with Gasteiger partial charge in [-0.05, 0) is 53.0 Å². The molecule has 180 valence electrons. The van der Waals surface area contributed by atoms with Gasteiger partial charge in [0.2, 0.25) is 5.91 Å². The minimum atomic E-state index is -1.06. The molecule has 0 unspecified atom stereocenters. The highest BCUT2D eigenvalue weighted by Crippen LogP contribution is 2.44. The van der Waals surface area contributed by atoms with Gasteiger partial charge in [-0.1, -0.05) is 55.5 Å². The molecule has 0 aromatic heterocycles. The van der Waals surface area contributed by atoms with Crippen LogP contribution in [0.5, 0.6) is 0 Å². The Hall–Kier alpha value is -3.00. The molecule has 0 saturated carbocycles. The van der Waals surface area contributed by atoms with E-state index in [4.69, 9.17) is 4.74 Å². The minimum Gasteiger partial charge on any atom is -0.480 e. The number of benzene rings is 2. The second-order valence-corrected chi connectivity index (χ2v) is 10.1. The van der Waals surface area contributed by atoms with Crippen molar-refractivity contribution in [2.75, 3.05) is 18.1 Å². The maximum atomic E-state index is 12.9. The van der Waals surface area contributed by atoms with Crippen LogP contribution in [-0.4, -0.2) is 52.8 Å². The van der Waals surface area contributed by atoms with Crippen LogP contribution in [0.25, 0.3) is 11.1 Å². The van der Waals surface area contributed by atoms with Gasteiger partial charge in [0.25, 0.3) is 0 Å². The lowest BCUT2D eigenvalue weighted by molar-refractivity contribution is -0.142. The van der Waals surface area contributed by atoms with Gasteiger partial charge in [0.15, 0.2) is 0 Å². The first kappa shape index (κ1) is 24.1. The van der Waals surface area contributed by atoms with Crippen molar-refractivity contribution in [3.8, 4) is 11.1 Å². The molecular formula is C26H30N2O5S. The van der Waals surface area contributed by atoms with Crippen molar-refractivity contribution >= 4 is 29.7 Å². The summed E-state index contributed by atoms with van der Waals surface area (Å²) in [6.45, 7) is 1.91. The lowest BCUT2D eigenvalue weighted by atomic mass is 9.88. The summed E-state index contributed by atoms with van der Waals surface area (Å²) in [7, 11) is 0. The van der Waals surface area contributed by atoms with E-state index in [0.29, 0.717) is 19.3 Å². The van der Waals surface area contributed by atoms with Crippen molar-refractivity contribution in [3.63, 3.8) is 0 Å². The van der Waals surface area contributed by atoms with Crippen LogP contribution >= 0.6 is 11.8 Å². The number of amides is 2. The van der Waals surface area contributed by atoms with Gasteiger partial charge in [0.05, 0.1) is 5.54 Å². The van der Waals surface area contributed by atoms with Crippen LogP contribution in [0, 0.1) is 0 Å². The maximum Gasteiger partial charge on any atom is 0.407 e. The van der Waals surface area contributed by atoms with Crippen molar-refractivity contribution in [2.24, 2.45) is 0 Å². The van der Waals surface area contributed by atoms with E-state index in [1.807, 2.05) is 24.3 Å². The van der Waals surface area contributed by atoms with Gasteiger partial charge in [0, 0.05) is 12.3 Å². The molecule has 7 nitrogen and oxygen atoms in total. The maximum absolute atomic E-state index is 12.9. The molecule has 4 rings (SSSR count). The quantitative estimate of drug-likeness (QED) is 0.522. The van der Waals surface area contributed by atoms with Crippen molar-refractivity contribution in [1.82, 2.24) is 10.6 Å². The summed E-state index contributed by atoms with van der Waals surface area (Å²) in [5.74, 6) is 0.147. The second kappa shape index (κ2) is 10.5. The molecule has 1 aliphatic carbocycles. The zero-order valence-corrected chi connectivity index (χ0v) is 20.0. The van der Waals surface area contributed by atoms with Crippen molar-refractivity contribution in [3.05, 3.63) is 59.7 Å². The molecule has 8 heteroatoms. The van der Waals surface area contributed by atoms with Crippen LogP contribution in [0.2, 0.25) is 0 Å². The fourth-order valence-corrected chi connectivity index (χ4v) is 6.12. The van der Waals surface area contributed by atoms with Crippen molar-refractivity contribution in [2.45, 2.75) is 50.1 Å². The highest BCUT2D eigenvalue weighted by atomic mass is 32.2. The number of aliphatic carboxylic acids is 1. The van der Waals surface area contributed by atoms with Crippen LogP contribution in [0.1, 0.15) is 49.7 Å². The number of carboxylic acids is 1. The van der Waals surface area contributed by atoms with E-state index in [1.165, 1.54) is 0 Å². The number of nitrogens with one attached hydrogen (secondary N) is 2. The van der Waals surface area contributed by atoms with Crippen molar-refractivity contribution in [1.29, 1.82) is 0 Å². The first-order valence-electron chi connectivity index (χ1n) is 11.7. The Balaban J connectivity index is 1.42. The summed E-state index contributed by atoms with van der Waals surface area (Å²) in [6, 6.07) is 15.4. The molecular weight excluding hydrogens is 452 g/mol. The lowest BCUT2D eigenvalue weighted by Gasteiger charge is -2.37. The van der Waals surface area contributed by atoms with Crippen LogP contribution in [-0.2, 0) is 14.3 Å². The predicted octanol–water partition coefficient (Wildman–Crippen LogP) is 4.16. The van der Waals surface area contributed by atoms with E-state index in [0.717, 1.165) is 33.8 Å². The summed E-state index contributed by atoms with van der Waals surface area (Å²) in [4.78, 5) is 36.8. The highest BCUT2D eigenvalue weighted by Gasteiger charge is 2.38. The third kappa shape index (κ3) is 5.22. The zero-order valence-electron chi connectivity index (χ0n) is 19.2.